The first-order chi connectivity index (χ1) is 7.36. The molecule has 1 aromatic heterocycles. The second-order valence-electron chi connectivity index (χ2n) is 3.67. The van der Waals surface area contributed by atoms with Crippen molar-refractivity contribution >= 4 is 23.5 Å². The molecule has 0 aliphatic carbocycles. The number of hydrogen-bond acceptors (Lipinski definition) is 3. The summed E-state index contributed by atoms with van der Waals surface area (Å²) in [6.07, 6.45) is 1.43. The van der Waals surface area contributed by atoms with Crippen molar-refractivity contribution in [2.45, 2.75) is 13.3 Å². The number of primary amides is 1. The molecular weight excluding hydrogens is 232 g/mol. The summed E-state index contributed by atoms with van der Waals surface area (Å²) in [7, 11) is 0. The molecule has 3 N–H and O–H groups in total. The van der Waals surface area contributed by atoms with Crippen LogP contribution in [0.2, 0.25) is 5.15 Å². The van der Waals surface area contributed by atoms with E-state index in [2.05, 4.69) is 4.98 Å². The SMILES string of the molecule is CC(Cc1ccnc(Cl)c1)(C(N)=O)C(=O)O. The molecule has 6 heteroatoms. The Balaban J connectivity index is 3.02. The summed E-state index contributed by atoms with van der Waals surface area (Å²) in [5.74, 6) is -2.14. The Morgan fingerprint density at radius 1 is 1.62 bits per heavy atom. The number of halogens is 1. The molecular formula is C10H11ClN2O3. The number of aromatic nitrogens is 1. The molecule has 0 aliphatic rings. The number of carboxylic acid groups (broad SMARTS) is 1. The maximum absolute atomic E-state index is 11.1. The number of hydrogen-bond donors (Lipinski definition) is 2. The zero-order valence-electron chi connectivity index (χ0n) is 8.61. The number of carbonyl (C=O) groups is 2. The lowest BCUT2D eigenvalue weighted by Crippen LogP contribution is -2.43. The molecule has 1 aromatic rings. The molecule has 0 radical (unpaired) electrons. The zero-order chi connectivity index (χ0) is 12.3. The van der Waals surface area contributed by atoms with E-state index in [1.807, 2.05) is 0 Å². The van der Waals surface area contributed by atoms with E-state index in [-0.39, 0.29) is 11.6 Å². The number of nitrogens with two attached hydrogens (primary N) is 1. The molecule has 0 saturated carbocycles. The standard InChI is InChI=1S/C10H11ClN2O3/c1-10(8(12)14,9(15)16)5-6-2-3-13-7(11)4-6/h2-4H,5H2,1H3,(H2,12,14)(H,15,16). The van der Waals surface area contributed by atoms with Gasteiger partial charge in [0.2, 0.25) is 5.91 Å². The molecule has 86 valence electrons. The Labute approximate surface area is 97.2 Å². The van der Waals surface area contributed by atoms with Gasteiger partial charge < -0.3 is 10.8 Å². The first-order valence-corrected chi connectivity index (χ1v) is 4.88. The van der Waals surface area contributed by atoms with Crippen LogP contribution in [-0.4, -0.2) is 22.0 Å². The van der Waals surface area contributed by atoms with Crippen molar-refractivity contribution in [2.75, 3.05) is 0 Å². The Kier molecular flexibility index (Phi) is 3.49. The quantitative estimate of drug-likeness (QED) is 0.605. The van der Waals surface area contributed by atoms with Crippen LogP contribution >= 0.6 is 11.6 Å². The molecule has 5 nitrogen and oxygen atoms in total. The minimum Gasteiger partial charge on any atom is -0.480 e. The number of carboxylic acids is 1. The Hall–Kier alpha value is -1.62. The van der Waals surface area contributed by atoms with Crippen molar-refractivity contribution in [3.63, 3.8) is 0 Å². The van der Waals surface area contributed by atoms with Crippen molar-refractivity contribution in [3.05, 3.63) is 29.0 Å². The van der Waals surface area contributed by atoms with E-state index in [0.29, 0.717) is 5.56 Å². The van der Waals surface area contributed by atoms with Crippen molar-refractivity contribution < 1.29 is 14.7 Å². The summed E-state index contributed by atoms with van der Waals surface area (Å²) in [4.78, 5) is 25.9. The van der Waals surface area contributed by atoms with E-state index in [4.69, 9.17) is 22.4 Å². The first-order valence-electron chi connectivity index (χ1n) is 4.50. The van der Waals surface area contributed by atoms with Gasteiger partial charge >= 0.3 is 5.97 Å². The largest absolute Gasteiger partial charge is 0.480 e. The maximum Gasteiger partial charge on any atom is 0.319 e. The summed E-state index contributed by atoms with van der Waals surface area (Å²) < 4.78 is 0. The van der Waals surface area contributed by atoms with Crippen LogP contribution in [0, 0.1) is 5.41 Å². The normalized spacial score (nSPS) is 14.1. The highest BCUT2D eigenvalue weighted by Gasteiger charge is 2.39. The topological polar surface area (TPSA) is 93.3 Å². The van der Waals surface area contributed by atoms with Crippen LogP contribution in [-0.2, 0) is 16.0 Å². The van der Waals surface area contributed by atoms with Crippen LogP contribution in [0.25, 0.3) is 0 Å². The van der Waals surface area contributed by atoms with Gasteiger partial charge in [-0.3, -0.25) is 9.59 Å². The molecule has 16 heavy (non-hydrogen) atoms. The maximum atomic E-state index is 11.1. The van der Waals surface area contributed by atoms with E-state index in [0.717, 1.165) is 0 Å². The summed E-state index contributed by atoms with van der Waals surface area (Å²) in [5.41, 5.74) is 4.06. The lowest BCUT2D eigenvalue weighted by atomic mass is 9.83. The van der Waals surface area contributed by atoms with E-state index < -0.39 is 17.3 Å². The number of aliphatic carboxylic acids is 1. The van der Waals surface area contributed by atoms with Gasteiger partial charge in [-0.05, 0) is 31.0 Å². The third-order valence-corrected chi connectivity index (χ3v) is 2.57. The van der Waals surface area contributed by atoms with Crippen molar-refractivity contribution in [2.24, 2.45) is 11.1 Å². The number of amides is 1. The van der Waals surface area contributed by atoms with Crippen LogP contribution in [0.3, 0.4) is 0 Å². The van der Waals surface area contributed by atoms with Gasteiger partial charge in [0.15, 0.2) is 0 Å². The highest BCUT2D eigenvalue weighted by molar-refractivity contribution is 6.29. The molecule has 0 bridgehead atoms. The lowest BCUT2D eigenvalue weighted by Gasteiger charge is -2.20. The highest BCUT2D eigenvalue weighted by atomic mass is 35.5. The van der Waals surface area contributed by atoms with Gasteiger partial charge in [-0.1, -0.05) is 11.6 Å². The average molecular weight is 243 g/mol. The van der Waals surface area contributed by atoms with Gasteiger partial charge in [0, 0.05) is 6.20 Å². The van der Waals surface area contributed by atoms with Crippen LogP contribution < -0.4 is 5.73 Å². The van der Waals surface area contributed by atoms with Gasteiger partial charge in [0.1, 0.15) is 10.6 Å². The molecule has 0 fully saturated rings. The van der Waals surface area contributed by atoms with Crippen LogP contribution in [0.5, 0.6) is 0 Å². The average Bonchev–Trinajstić information content (AvgIpc) is 2.16. The summed E-state index contributed by atoms with van der Waals surface area (Å²) >= 11 is 5.66. The van der Waals surface area contributed by atoms with Crippen molar-refractivity contribution in [1.82, 2.24) is 4.98 Å². The van der Waals surface area contributed by atoms with Gasteiger partial charge in [-0.25, -0.2) is 4.98 Å². The third kappa shape index (κ3) is 2.49. The first kappa shape index (κ1) is 12.4. The molecule has 0 aliphatic heterocycles. The predicted molar refractivity (Wildman–Crippen MR) is 57.9 cm³/mol. The fourth-order valence-corrected chi connectivity index (χ4v) is 1.43. The van der Waals surface area contributed by atoms with Crippen molar-refractivity contribution in [3.8, 4) is 0 Å². The van der Waals surface area contributed by atoms with E-state index in [9.17, 15) is 9.59 Å². The summed E-state index contributed by atoms with van der Waals surface area (Å²) in [6.45, 7) is 1.28. The van der Waals surface area contributed by atoms with Crippen LogP contribution in [0.1, 0.15) is 12.5 Å². The third-order valence-electron chi connectivity index (χ3n) is 2.36. The molecule has 0 spiro atoms. The second kappa shape index (κ2) is 4.49. The van der Waals surface area contributed by atoms with Gasteiger partial charge in [0.25, 0.3) is 0 Å². The molecule has 1 amide bonds. The van der Waals surface area contributed by atoms with E-state index in [1.54, 1.807) is 6.07 Å². The minimum atomic E-state index is -1.63. The number of rotatable bonds is 4. The lowest BCUT2D eigenvalue weighted by molar-refractivity contribution is -0.153. The van der Waals surface area contributed by atoms with Crippen LogP contribution in [0.4, 0.5) is 0 Å². The minimum absolute atomic E-state index is 0.0140. The second-order valence-corrected chi connectivity index (χ2v) is 4.05. The van der Waals surface area contributed by atoms with E-state index in [1.165, 1.54) is 19.2 Å². The molecule has 1 rings (SSSR count). The molecule has 1 unspecified atom stereocenters. The number of carbonyl (C=O) groups excluding carboxylic acids is 1. The Morgan fingerprint density at radius 3 is 2.69 bits per heavy atom. The summed E-state index contributed by atoms with van der Waals surface area (Å²) in [5, 5.41) is 9.23. The van der Waals surface area contributed by atoms with Crippen molar-refractivity contribution in [1.29, 1.82) is 0 Å². The Morgan fingerprint density at radius 2 is 2.25 bits per heavy atom. The molecule has 1 atom stereocenters. The highest BCUT2D eigenvalue weighted by Crippen LogP contribution is 2.23. The molecule has 0 saturated heterocycles. The Bertz CT molecular complexity index is 420. The van der Waals surface area contributed by atoms with E-state index >= 15 is 0 Å². The summed E-state index contributed by atoms with van der Waals surface area (Å²) in [6, 6.07) is 3.10. The number of nitrogens with zero attached hydrogens (tertiary/aromatic N) is 1. The fraction of sp³-hybridized carbons (Fsp3) is 0.300. The predicted octanol–water partition coefficient (Wildman–Crippen LogP) is 0.854. The molecule has 0 aromatic carbocycles. The van der Waals surface area contributed by atoms with Gasteiger partial charge in [-0.15, -0.1) is 0 Å². The van der Waals surface area contributed by atoms with Gasteiger partial charge in [0.05, 0.1) is 0 Å². The molecule has 1 heterocycles. The number of pyridine rings is 1. The van der Waals surface area contributed by atoms with Gasteiger partial charge in [-0.2, -0.15) is 0 Å². The zero-order valence-corrected chi connectivity index (χ0v) is 9.36. The van der Waals surface area contributed by atoms with Crippen LogP contribution in [0.15, 0.2) is 18.3 Å². The fourth-order valence-electron chi connectivity index (χ4n) is 1.23. The monoisotopic (exact) mass is 242 g/mol. The smallest absolute Gasteiger partial charge is 0.319 e.